The van der Waals surface area contributed by atoms with E-state index in [1.165, 1.54) is 7.11 Å². The van der Waals surface area contributed by atoms with Gasteiger partial charge in [0.05, 0.1) is 12.1 Å². The molecule has 3 N–H and O–H groups in total. The third-order valence-electron chi connectivity index (χ3n) is 1.53. The topological polar surface area (TPSA) is 64.3 Å². The molecule has 0 unspecified atom stereocenters. The normalized spacial score (nSPS) is 10.6. The van der Waals surface area contributed by atoms with Crippen LogP contribution in [0.1, 0.15) is 13.8 Å². The van der Waals surface area contributed by atoms with E-state index in [-0.39, 0.29) is 5.41 Å². The van der Waals surface area contributed by atoms with Crippen molar-refractivity contribution in [3.8, 4) is 0 Å². The van der Waals surface area contributed by atoms with Gasteiger partial charge < -0.3 is 15.8 Å². The van der Waals surface area contributed by atoms with Crippen molar-refractivity contribution >= 4 is 23.3 Å². The highest BCUT2D eigenvalue weighted by molar-refractivity contribution is 7.80. The van der Waals surface area contributed by atoms with Crippen LogP contribution in [0, 0.1) is 5.41 Å². The Hall–Kier alpha value is -0.840. The minimum absolute atomic E-state index is 0.372. The Morgan fingerprint density at radius 2 is 2.17 bits per heavy atom. The number of hydrogen-bond acceptors (Lipinski definition) is 3. The van der Waals surface area contributed by atoms with Crippen molar-refractivity contribution in [3.05, 3.63) is 0 Å². The van der Waals surface area contributed by atoms with Gasteiger partial charge in [-0.2, -0.15) is 0 Å². The molecule has 0 saturated carbocycles. The lowest BCUT2D eigenvalue weighted by Gasteiger charge is -2.22. The summed E-state index contributed by atoms with van der Waals surface area (Å²) in [4.78, 5) is 11.0. The van der Waals surface area contributed by atoms with E-state index in [1.54, 1.807) is 0 Å². The zero-order valence-corrected chi connectivity index (χ0v) is 8.33. The summed E-state index contributed by atoms with van der Waals surface area (Å²) in [7, 11) is 1.31. The highest BCUT2D eigenvalue weighted by Crippen LogP contribution is 2.13. The number of thiocarbonyl (C=S) groups is 1. The van der Waals surface area contributed by atoms with Crippen LogP contribution in [-0.4, -0.2) is 24.7 Å². The maximum absolute atomic E-state index is 10.7. The lowest BCUT2D eigenvalue weighted by atomic mass is 9.94. The third-order valence-corrected chi connectivity index (χ3v) is 2.08. The van der Waals surface area contributed by atoms with Gasteiger partial charge in [-0.1, -0.05) is 26.1 Å². The Morgan fingerprint density at radius 3 is 2.50 bits per heavy atom. The second kappa shape index (κ2) is 4.25. The maximum Gasteiger partial charge on any atom is 0.406 e. The van der Waals surface area contributed by atoms with Crippen LogP contribution < -0.4 is 11.1 Å². The fourth-order valence-electron chi connectivity index (χ4n) is 0.452. The molecule has 12 heavy (non-hydrogen) atoms. The number of ether oxygens (including phenoxy) is 1. The molecule has 0 heterocycles. The molecule has 0 rings (SSSR count). The molecule has 4 nitrogen and oxygen atoms in total. The minimum atomic E-state index is -0.473. The first-order chi connectivity index (χ1) is 5.40. The Bertz CT molecular complexity index is 192. The van der Waals surface area contributed by atoms with Crippen LogP contribution in [0.25, 0.3) is 0 Å². The molecular formula is C7H14N2O2S. The lowest BCUT2D eigenvalue weighted by molar-refractivity contribution is 0.168. The first-order valence-electron chi connectivity index (χ1n) is 3.52. The van der Waals surface area contributed by atoms with E-state index >= 15 is 0 Å². The smallest absolute Gasteiger partial charge is 0.406 e. The van der Waals surface area contributed by atoms with Gasteiger partial charge in [0.15, 0.2) is 0 Å². The molecule has 0 bridgehead atoms. The van der Waals surface area contributed by atoms with Gasteiger partial charge in [0, 0.05) is 12.0 Å². The van der Waals surface area contributed by atoms with Crippen molar-refractivity contribution in [2.24, 2.45) is 11.1 Å². The van der Waals surface area contributed by atoms with Gasteiger partial charge in [-0.15, -0.1) is 0 Å². The van der Waals surface area contributed by atoms with Crippen LogP contribution in [-0.2, 0) is 4.74 Å². The molecule has 0 aliphatic heterocycles. The molecule has 0 spiro atoms. The number of hydrogen-bond donors (Lipinski definition) is 2. The van der Waals surface area contributed by atoms with E-state index in [9.17, 15) is 4.79 Å². The van der Waals surface area contributed by atoms with Crippen LogP contribution in [0.3, 0.4) is 0 Å². The first-order valence-corrected chi connectivity index (χ1v) is 3.92. The Balaban J connectivity index is 3.92. The number of amides is 1. The summed E-state index contributed by atoms with van der Waals surface area (Å²) in [5.41, 5.74) is 5.07. The number of carbonyl (C=O) groups excluding carboxylic acids is 1. The fraction of sp³-hybridized carbons (Fsp3) is 0.714. The van der Waals surface area contributed by atoms with Crippen LogP contribution >= 0.6 is 12.2 Å². The summed E-state index contributed by atoms with van der Waals surface area (Å²) in [5, 5.41) is 2.53. The highest BCUT2D eigenvalue weighted by atomic mass is 32.1. The molecule has 0 radical (unpaired) electrons. The summed E-state index contributed by atoms with van der Waals surface area (Å²) in [6.07, 6.45) is -0.473. The SMILES string of the molecule is COC(=O)NCC(C)(C)C(N)=S. The maximum atomic E-state index is 10.7. The average molecular weight is 190 g/mol. The number of carbonyl (C=O) groups is 1. The number of nitrogens with two attached hydrogens (primary N) is 1. The highest BCUT2D eigenvalue weighted by Gasteiger charge is 2.21. The van der Waals surface area contributed by atoms with Crippen molar-refractivity contribution in [3.63, 3.8) is 0 Å². The predicted octanol–water partition coefficient (Wildman–Crippen LogP) is 0.655. The van der Waals surface area contributed by atoms with Gasteiger partial charge in [0.2, 0.25) is 0 Å². The van der Waals surface area contributed by atoms with Crippen molar-refractivity contribution in [1.29, 1.82) is 0 Å². The molecule has 0 aromatic heterocycles. The van der Waals surface area contributed by atoms with Crippen molar-refractivity contribution in [2.45, 2.75) is 13.8 Å². The van der Waals surface area contributed by atoms with E-state index in [0.29, 0.717) is 11.5 Å². The van der Waals surface area contributed by atoms with Crippen LogP contribution in [0.5, 0.6) is 0 Å². The molecule has 0 aliphatic carbocycles. The molecule has 70 valence electrons. The van der Waals surface area contributed by atoms with Crippen LogP contribution in [0.15, 0.2) is 0 Å². The standard InChI is InChI=1S/C7H14N2O2S/c1-7(2,5(8)12)4-9-6(10)11-3/h4H2,1-3H3,(H2,8,12)(H,9,10). The van der Waals surface area contributed by atoms with E-state index < -0.39 is 6.09 Å². The lowest BCUT2D eigenvalue weighted by Crippen LogP contribution is -2.41. The van der Waals surface area contributed by atoms with E-state index in [2.05, 4.69) is 10.1 Å². The monoisotopic (exact) mass is 190 g/mol. The van der Waals surface area contributed by atoms with E-state index in [1.807, 2.05) is 13.8 Å². The van der Waals surface area contributed by atoms with Crippen LogP contribution in [0.4, 0.5) is 4.79 Å². The molecule has 5 heteroatoms. The quantitative estimate of drug-likeness (QED) is 0.641. The summed E-state index contributed by atoms with van der Waals surface area (Å²) < 4.78 is 4.39. The van der Waals surface area contributed by atoms with Gasteiger partial charge in [-0.05, 0) is 0 Å². The predicted molar refractivity (Wildman–Crippen MR) is 51.0 cm³/mol. The summed E-state index contributed by atoms with van der Waals surface area (Å²) in [6, 6.07) is 0. The second-order valence-electron chi connectivity index (χ2n) is 3.09. The second-order valence-corrected chi connectivity index (χ2v) is 3.53. The number of methoxy groups -OCH3 is 1. The van der Waals surface area contributed by atoms with Crippen molar-refractivity contribution < 1.29 is 9.53 Å². The van der Waals surface area contributed by atoms with Gasteiger partial charge in [-0.3, -0.25) is 0 Å². The number of rotatable bonds is 3. The van der Waals surface area contributed by atoms with Gasteiger partial charge in [0.25, 0.3) is 0 Å². The molecule has 0 atom stereocenters. The molecule has 0 fully saturated rings. The Morgan fingerprint density at radius 1 is 1.67 bits per heavy atom. The number of nitrogens with one attached hydrogen (secondary N) is 1. The molecule has 0 saturated heterocycles. The fourth-order valence-corrected chi connectivity index (χ4v) is 0.525. The molecular weight excluding hydrogens is 176 g/mol. The van der Waals surface area contributed by atoms with E-state index in [0.717, 1.165) is 0 Å². The molecule has 0 aromatic rings. The van der Waals surface area contributed by atoms with Gasteiger partial charge in [0.1, 0.15) is 0 Å². The minimum Gasteiger partial charge on any atom is -0.453 e. The number of alkyl carbamates (subject to hydrolysis) is 1. The zero-order valence-electron chi connectivity index (χ0n) is 7.51. The Labute approximate surface area is 77.5 Å². The average Bonchev–Trinajstić information content (AvgIpc) is 2.00. The first kappa shape index (κ1) is 11.2. The summed E-state index contributed by atoms with van der Waals surface area (Å²) >= 11 is 4.81. The van der Waals surface area contributed by atoms with E-state index in [4.69, 9.17) is 18.0 Å². The summed E-state index contributed by atoms with van der Waals surface area (Å²) in [5.74, 6) is 0. The zero-order chi connectivity index (χ0) is 9.78. The summed E-state index contributed by atoms with van der Waals surface area (Å²) in [6.45, 7) is 4.09. The van der Waals surface area contributed by atoms with Crippen molar-refractivity contribution in [1.82, 2.24) is 5.32 Å². The Kier molecular flexibility index (Phi) is 3.95. The van der Waals surface area contributed by atoms with Gasteiger partial charge >= 0.3 is 6.09 Å². The van der Waals surface area contributed by atoms with Crippen molar-refractivity contribution in [2.75, 3.05) is 13.7 Å². The van der Waals surface area contributed by atoms with Gasteiger partial charge in [-0.25, -0.2) is 4.79 Å². The molecule has 0 aromatic carbocycles. The molecule has 1 amide bonds. The largest absolute Gasteiger partial charge is 0.453 e. The molecule has 0 aliphatic rings. The third kappa shape index (κ3) is 3.52. The van der Waals surface area contributed by atoms with Crippen LogP contribution in [0.2, 0.25) is 0 Å².